The maximum atomic E-state index is 11.8. The number of ether oxygens (including phenoxy) is 2. The monoisotopic (exact) mass is 262 g/mol. The molecule has 0 saturated carbocycles. The summed E-state index contributed by atoms with van der Waals surface area (Å²) in [6, 6.07) is 3.58. The maximum absolute atomic E-state index is 11.8. The van der Waals surface area contributed by atoms with Gasteiger partial charge in [0.05, 0.1) is 25.3 Å². The highest BCUT2D eigenvalue weighted by atomic mass is 16.5. The summed E-state index contributed by atoms with van der Waals surface area (Å²) in [7, 11) is 2.63. The van der Waals surface area contributed by atoms with Crippen molar-refractivity contribution < 1.29 is 19.1 Å². The van der Waals surface area contributed by atoms with Crippen molar-refractivity contribution in [1.82, 2.24) is 0 Å². The molecule has 1 aromatic rings. The fourth-order valence-corrected chi connectivity index (χ4v) is 2.52. The number of methoxy groups -OCH3 is 2. The fraction of sp³-hybridized carbons (Fsp3) is 0.467. The lowest BCUT2D eigenvalue weighted by molar-refractivity contribution is 0.0555. The highest BCUT2D eigenvalue weighted by Gasteiger charge is 2.22. The molecule has 0 aromatic heterocycles. The van der Waals surface area contributed by atoms with Gasteiger partial charge in [0.1, 0.15) is 0 Å². The van der Waals surface area contributed by atoms with Gasteiger partial charge in [-0.15, -0.1) is 0 Å². The highest BCUT2D eigenvalue weighted by Crippen LogP contribution is 2.25. The van der Waals surface area contributed by atoms with E-state index in [0.29, 0.717) is 11.1 Å². The van der Waals surface area contributed by atoms with Crippen LogP contribution in [0.2, 0.25) is 0 Å². The second-order valence-electron chi connectivity index (χ2n) is 4.71. The molecule has 0 saturated heterocycles. The summed E-state index contributed by atoms with van der Waals surface area (Å²) in [5.41, 5.74) is 2.89. The number of hydrogen-bond acceptors (Lipinski definition) is 4. The normalized spacial score (nSPS) is 14.2. The van der Waals surface area contributed by atoms with Gasteiger partial charge in [-0.3, -0.25) is 0 Å². The molecule has 0 amide bonds. The number of hydrogen-bond donors (Lipinski definition) is 0. The van der Waals surface area contributed by atoms with Gasteiger partial charge in [-0.25, -0.2) is 9.59 Å². The van der Waals surface area contributed by atoms with Crippen LogP contribution in [0.25, 0.3) is 0 Å². The largest absolute Gasteiger partial charge is 0.465 e. The van der Waals surface area contributed by atoms with E-state index in [-0.39, 0.29) is 0 Å². The van der Waals surface area contributed by atoms with E-state index in [4.69, 9.17) is 9.47 Å². The zero-order chi connectivity index (χ0) is 13.8. The first-order chi connectivity index (χ1) is 9.17. The molecule has 0 spiro atoms. The minimum atomic E-state index is -0.493. The van der Waals surface area contributed by atoms with E-state index in [1.807, 2.05) is 0 Å². The Morgan fingerprint density at radius 2 is 1.26 bits per heavy atom. The molecule has 0 fully saturated rings. The number of carbonyl (C=O) groups is 2. The summed E-state index contributed by atoms with van der Waals surface area (Å²) in [6.45, 7) is 0. The Labute approximate surface area is 112 Å². The Kier molecular flexibility index (Phi) is 4.20. The second-order valence-corrected chi connectivity index (χ2v) is 4.71. The molecule has 0 radical (unpaired) electrons. The van der Waals surface area contributed by atoms with Crippen LogP contribution < -0.4 is 0 Å². The molecule has 1 aliphatic rings. The van der Waals surface area contributed by atoms with E-state index in [0.717, 1.165) is 36.8 Å². The van der Waals surface area contributed by atoms with Crippen molar-refractivity contribution in [2.24, 2.45) is 0 Å². The number of carbonyl (C=O) groups excluding carboxylic acids is 2. The van der Waals surface area contributed by atoms with Crippen LogP contribution >= 0.6 is 0 Å². The third-order valence-electron chi connectivity index (χ3n) is 3.54. The molecular formula is C15H18O4. The predicted octanol–water partition coefficient (Wildman–Crippen LogP) is 2.53. The van der Waals surface area contributed by atoms with Crippen LogP contribution in [0.15, 0.2) is 12.1 Å². The van der Waals surface area contributed by atoms with E-state index in [1.54, 1.807) is 12.1 Å². The van der Waals surface area contributed by atoms with Crippen LogP contribution in [-0.2, 0) is 22.3 Å². The van der Waals surface area contributed by atoms with E-state index in [1.165, 1.54) is 20.6 Å². The van der Waals surface area contributed by atoms with Crippen molar-refractivity contribution in [2.45, 2.75) is 32.1 Å². The highest BCUT2D eigenvalue weighted by molar-refractivity contribution is 6.03. The van der Waals surface area contributed by atoms with Crippen LogP contribution in [0.4, 0.5) is 0 Å². The summed E-state index contributed by atoms with van der Waals surface area (Å²) in [5.74, 6) is -0.986. The summed E-state index contributed by atoms with van der Waals surface area (Å²) in [4.78, 5) is 23.6. The predicted molar refractivity (Wildman–Crippen MR) is 70.4 cm³/mol. The first-order valence-corrected chi connectivity index (χ1v) is 6.49. The van der Waals surface area contributed by atoms with Crippen LogP contribution in [0, 0.1) is 0 Å². The number of esters is 2. The fourth-order valence-electron chi connectivity index (χ4n) is 2.52. The molecular weight excluding hydrogens is 244 g/mol. The quantitative estimate of drug-likeness (QED) is 0.607. The summed E-state index contributed by atoms with van der Waals surface area (Å²) in [5, 5.41) is 0. The lowest BCUT2D eigenvalue weighted by Crippen LogP contribution is -2.13. The average Bonchev–Trinajstić information content (AvgIpc) is 2.68. The first-order valence-electron chi connectivity index (χ1n) is 6.49. The van der Waals surface area contributed by atoms with Crippen molar-refractivity contribution in [3.8, 4) is 0 Å². The third kappa shape index (κ3) is 2.78. The summed E-state index contributed by atoms with van der Waals surface area (Å²) < 4.78 is 9.49. The molecule has 4 heteroatoms. The topological polar surface area (TPSA) is 52.6 Å². The Balaban J connectivity index is 2.53. The molecule has 4 nitrogen and oxygen atoms in total. The Morgan fingerprint density at radius 3 is 1.63 bits per heavy atom. The molecule has 0 unspecified atom stereocenters. The van der Waals surface area contributed by atoms with Gasteiger partial charge >= 0.3 is 11.9 Å². The molecule has 0 heterocycles. The number of rotatable bonds is 2. The zero-order valence-corrected chi connectivity index (χ0v) is 11.3. The molecule has 102 valence electrons. The molecule has 0 atom stereocenters. The molecule has 2 rings (SSSR count). The van der Waals surface area contributed by atoms with Crippen molar-refractivity contribution in [3.05, 3.63) is 34.4 Å². The van der Waals surface area contributed by atoms with Crippen LogP contribution in [0.3, 0.4) is 0 Å². The van der Waals surface area contributed by atoms with E-state index >= 15 is 0 Å². The molecule has 19 heavy (non-hydrogen) atoms. The van der Waals surface area contributed by atoms with Gasteiger partial charge < -0.3 is 9.47 Å². The van der Waals surface area contributed by atoms with Crippen LogP contribution in [0.5, 0.6) is 0 Å². The third-order valence-corrected chi connectivity index (χ3v) is 3.54. The summed E-state index contributed by atoms with van der Waals surface area (Å²) >= 11 is 0. The van der Waals surface area contributed by atoms with Crippen molar-refractivity contribution in [2.75, 3.05) is 14.2 Å². The van der Waals surface area contributed by atoms with Gasteiger partial charge in [0.25, 0.3) is 0 Å². The lowest BCUT2D eigenvalue weighted by Gasteiger charge is -2.12. The van der Waals surface area contributed by atoms with Crippen LogP contribution in [-0.4, -0.2) is 26.2 Å². The molecule has 0 N–H and O–H groups in total. The van der Waals surface area contributed by atoms with E-state index < -0.39 is 11.9 Å². The van der Waals surface area contributed by atoms with Crippen molar-refractivity contribution in [1.29, 1.82) is 0 Å². The van der Waals surface area contributed by atoms with Crippen molar-refractivity contribution >= 4 is 11.9 Å². The Morgan fingerprint density at radius 1 is 0.842 bits per heavy atom. The van der Waals surface area contributed by atoms with Gasteiger partial charge in [0, 0.05) is 0 Å². The van der Waals surface area contributed by atoms with E-state index in [9.17, 15) is 9.59 Å². The lowest BCUT2D eigenvalue weighted by atomic mass is 9.95. The smallest absolute Gasteiger partial charge is 0.338 e. The molecule has 1 aromatic carbocycles. The molecule has 0 aliphatic heterocycles. The van der Waals surface area contributed by atoms with Crippen LogP contribution in [0.1, 0.15) is 51.1 Å². The summed E-state index contributed by atoms with van der Waals surface area (Å²) in [6.07, 6.45) is 5.30. The second kappa shape index (κ2) is 5.87. The van der Waals surface area contributed by atoms with Gasteiger partial charge in [-0.2, -0.15) is 0 Å². The standard InChI is InChI=1S/C15H18O4/c1-18-14(16)12-8-10-6-4-3-5-7-11(10)9-13(12)15(17)19-2/h8-9H,3-7H2,1-2H3. The first kappa shape index (κ1) is 13.6. The van der Waals surface area contributed by atoms with E-state index in [2.05, 4.69) is 0 Å². The SMILES string of the molecule is COC(=O)c1cc2c(cc1C(=O)OC)CCCCC2. The van der Waals surface area contributed by atoms with Gasteiger partial charge in [-0.05, 0) is 48.9 Å². The average molecular weight is 262 g/mol. The minimum Gasteiger partial charge on any atom is -0.465 e. The van der Waals surface area contributed by atoms with Gasteiger partial charge in [0.15, 0.2) is 0 Å². The van der Waals surface area contributed by atoms with Crippen molar-refractivity contribution in [3.63, 3.8) is 0 Å². The van der Waals surface area contributed by atoms with Gasteiger partial charge in [-0.1, -0.05) is 6.42 Å². The number of aryl methyl sites for hydroxylation is 2. The molecule has 0 bridgehead atoms. The Hall–Kier alpha value is -1.84. The maximum Gasteiger partial charge on any atom is 0.338 e. The molecule has 1 aliphatic carbocycles. The Bertz CT molecular complexity index is 460. The minimum absolute atomic E-state index is 0.301. The zero-order valence-electron chi connectivity index (χ0n) is 11.3. The number of benzene rings is 1. The van der Waals surface area contributed by atoms with Gasteiger partial charge in [0.2, 0.25) is 0 Å². The number of fused-ring (bicyclic) bond motifs is 1.